The van der Waals surface area contributed by atoms with E-state index in [1.807, 2.05) is 38.6 Å². The smallest absolute Gasteiger partial charge is 0.136 e. The maximum Gasteiger partial charge on any atom is 0.136 e. The SMILES string of the molecule is CC[C@H](N[S+]([O-])C(C)(C)C)c1cncn1C. The van der Waals surface area contributed by atoms with Gasteiger partial charge in [-0.2, -0.15) is 0 Å². The lowest BCUT2D eigenvalue weighted by Gasteiger charge is -2.27. The first kappa shape index (κ1) is 13.5. The molecule has 0 saturated heterocycles. The minimum absolute atomic E-state index is 0.0903. The maximum atomic E-state index is 12.0. The average molecular weight is 243 g/mol. The van der Waals surface area contributed by atoms with E-state index in [0.29, 0.717) is 0 Å². The van der Waals surface area contributed by atoms with Gasteiger partial charge in [-0.05, 0) is 27.2 Å². The Labute approximate surface area is 101 Å². The van der Waals surface area contributed by atoms with E-state index < -0.39 is 11.4 Å². The summed E-state index contributed by atoms with van der Waals surface area (Å²) in [5.74, 6) is 0. The van der Waals surface area contributed by atoms with E-state index in [0.717, 1.165) is 12.1 Å². The van der Waals surface area contributed by atoms with Gasteiger partial charge in [-0.25, -0.2) is 4.98 Å². The lowest BCUT2D eigenvalue weighted by atomic mass is 10.2. The summed E-state index contributed by atoms with van der Waals surface area (Å²) in [6, 6.07) is 0.0903. The third kappa shape index (κ3) is 3.23. The third-order valence-corrected chi connectivity index (χ3v) is 4.04. The van der Waals surface area contributed by atoms with Gasteiger partial charge < -0.3 is 9.12 Å². The van der Waals surface area contributed by atoms with Crippen LogP contribution in [0, 0.1) is 0 Å². The predicted molar refractivity (Wildman–Crippen MR) is 67.3 cm³/mol. The van der Waals surface area contributed by atoms with E-state index in [1.54, 1.807) is 6.33 Å². The highest BCUT2D eigenvalue weighted by molar-refractivity contribution is 7.90. The molecule has 1 aromatic heterocycles. The average Bonchev–Trinajstić information content (AvgIpc) is 2.59. The van der Waals surface area contributed by atoms with Gasteiger partial charge >= 0.3 is 0 Å². The molecule has 0 aliphatic heterocycles. The minimum Gasteiger partial charge on any atom is -0.598 e. The summed E-state index contributed by atoms with van der Waals surface area (Å²) in [7, 11) is 1.95. The summed E-state index contributed by atoms with van der Waals surface area (Å²) < 4.78 is 16.9. The number of aromatic nitrogens is 2. The molecular formula is C11H21N3OS. The number of aryl methyl sites for hydroxylation is 1. The zero-order chi connectivity index (χ0) is 12.3. The van der Waals surface area contributed by atoms with Crippen molar-refractivity contribution in [3.05, 3.63) is 18.2 Å². The van der Waals surface area contributed by atoms with Gasteiger partial charge in [0.25, 0.3) is 0 Å². The lowest BCUT2D eigenvalue weighted by Crippen LogP contribution is -2.41. The van der Waals surface area contributed by atoms with Crippen LogP contribution in [0.4, 0.5) is 0 Å². The predicted octanol–water partition coefficient (Wildman–Crippen LogP) is 1.92. The molecule has 1 unspecified atom stereocenters. The fourth-order valence-corrected chi connectivity index (χ4v) is 2.26. The molecule has 0 saturated carbocycles. The largest absolute Gasteiger partial charge is 0.598 e. The van der Waals surface area contributed by atoms with Crippen molar-refractivity contribution in [1.82, 2.24) is 14.3 Å². The Morgan fingerprint density at radius 3 is 2.56 bits per heavy atom. The molecular weight excluding hydrogens is 222 g/mol. The van der Waals surface area contributed by atoms with Crippen LogP contribution in [0.15, 0.2) is 12.5 Å². The summed E-state index contributed by atoms with van der Waals surface area (Å²) in [5, 5.41) is 0. The molecule has 0 spiro atoms. The molecule has 16 heavy (non-hydrogen) atoms. The van der Waals surface area contributed by atoms with Gasteiger partial charge in [0.05, 0.1) is 18.1 Å². The number of imidazole rings is 1. The summed E-state index contributed by atoms with van der Waals surface area (Å²) in [6.07, 6.45) is 4.47. The van der Waals surface area contributed by atoms with Gasteiger partial charge in [0.15, 0.2) is 0 Å². The van der Waals surface area contributed by atoms with E-state index in [-0.39, 0.29) is 10.8 Å². The summed E-state index contributed by atoms with van der Waals surface area (Å²) in [5.41, 5.74) is 1.07. The van der Waals surface area contributed by atoms with Crippen LogP contribution in [-0.4, -0.2) is 18.9 Å². The molecule has 92 valence electrons. The van der Waals surface area contributed by atoms with Crippen molar-refractivity contribution < 1.29 is 4.55 Å². The van der Waals surface area contributed by atoms with Gasteiger partial charge in [-0.3, -0.25) is 0 Å². The minimum atomic E-state index is -1.05. The van der Waals surface area contributed by atoms with Crippen molar-refractivity contribution >= 4 is 11.4 Å². The van der Waals surface area contributed by atoms with E-state index in [2.05, 4.69) is 16.6 Å². The number of hydrogen-bond donors (Lipinski definition) is 1. The van der Waals surface area contributed by atoms with Crippen LogP contribution in [-0.2, 0) is 18.4 Å². The Hall–Kier alpha value is -0.520. The number of nitrogens with one attached hydrogen (secondary N) is 1. The van der Waals surface area contributed by atoms with Crippen molar-refractivity contribution in [2.24, 2.45) is 7.05 Å². The fraction of sp³-hybridized carbons (Fsp3) is 0.727. The van der Waals surface area contributed by atoms with Gasteiger partial charge in [-0.15, -0.1) is 4.72 Å². The molecule has 1 heterocycles. The van der Waals surface area contributed by atoms with Crippen molar-refractivity contribution in [1.29, 1.82) is 0 Å². The van der Waals surface area contributed by atoms with Crippen molar-refractivity contribution in [2.75, 3.05) is 0 Å². The monoisotopic (exact) mass is 243 g/mol. The van der Waals surface area contributed by atoms with Crippen LogP contribution in [0.2, 0.25) is 0 Å². The van der Waals surface area contributed by atoms with Crippen LogP contribution in [0.3, 0.4) is 0 Å². The van der Waals surface area contributed by atoms with Crippen LogP contribution in [0.1, 0.15) is 45.9 Å². The first-order chi connectivity index (χ1) is 7.36. The second-order valence-electron chi connectivity index (χ2n) is 4.89. The summed E-state index contributed by atoms with van der Waals surface area (Å²) in [4.78, 5) is 4.08. The molecule has 0 amide bonds. The molecule has 1 rings (SSSR count). The second kappa shape index (κ2) is 5.21. The standard InChI is InChI=1S/C11H21N3OS/c1-6-9(10-7-12-8-14(10)5)13-16(15)11(2,3)4/h7-9,13H,6H2,1-5H3/t9-,16?/m0/s1. The third-order valence-electron chi connectivity index (χ3n) is 2.42. The van der Waals surface area contributed by atoms with Gasteiger partial charge in [0, 0.05) is 24.6 Å². The normalized spacial score (nSPS) is 16.1. The van der Waals surface area contributed by atoms with Crippen molar-refractivity contribution in [2.45, 2.75) is 44.9 Å². The molecule has 0 aliphatic carbocycles. The highest BCUT2D eigenvalue weighted by Gasteiger charge is 2.29. The lowest BCUT2D eigenvalue weighted by molar-refractivity contribution is 0.509. The topological polar surface area (TPSA) is 52.9 Å². The zero-order valence-corrected chi connectivity index (χ0v) is 11.5. The number of hydrogen-bond acceptors (Lipinski definition) is 3. The first-order valence-corrected chi connectivity index (χ1v) is 6.65. The Morgan fingerprint density at radius 1 is 1.56 bits per heavy atom. The highest BCUT2D eigenvalue weighted by atomic mass is 32.2. The molecule has 5 heteroatoms. The van der Waals surface area contributed by atoms with Gasteiger partial charge in [0.1, 0.15) is 4.75 Å². The maximum absolute atomic E-state index is 12.0. The second-order valence-corrected chi connectivity index (χ2v) is 6.89. The molecule has 0 radical (unpaired) electrons. The molecule has 1 aromatic rings. The molecule has 0 fully saturated rings. The van der Waals surface area contributed by atoms with E-state index in [4.69, 9.17) is 0 Å². The molecule has 0 aliphatic rings. The molecule has 4 nitrogen and oxygen atoms in total. The van der Waals surface area contributed by atoms with Crippen LogP contribution >= 0.6 is 0 Å². The Balaban J connectivity index is 2.74. The summed E-state index contributed by atoms with van der Waals surface area (Å²) in [6.45, 7) is 7.97. The number of rotatable bonds is 4. The molecule has 2 atom stereocenters. The molecule has 1 N–H and O–H groups in total. The van der Waals surface area contributed by atoms with E-state index >= 15 is 0 Å². The van der Waals surface area contributed by atoms with Gasteiger partial charge in [-0.1, -0.05) is 6.92 Å². The van der Waals surface area contributed by atoms with Crippen LogP contribution in [0.5, 0.6) is 0 Å². The molecule has 0 bridgehead atoms. The van der Waals surface area contributed by atoms with Crippen molar-refractivity contribution in [3.63, 3.8) is 0 Å². The van der Waals surface area contributed by atoms with E-state index in [9.17, 15) is 4.55 Å². The van der Waals surface area contributed by atoms with Crippen LogP contribution < -0.4 is 4.72 Å². The highest BCUT2D eigenvalue weighted by Crippen LogP contribution is 2.21. The first-order valence-electron chi connectivity index (χ1n) is 5.50. The fourth-order valence-electron chi connectivity index (χ4n) is 1.36. The van der Waals surface area contributed by atoms with Crippen molar-refractivity contribution in [3.8, 4) is 0 Å². The Bertz CT molecular complexity index is 332. The van der Waals surface area contributed by atoms with Crippen LogP contribution in [0.25, 0.3) is 0 Å². The Kier molecular flexibility index (Phi) is 4.41. The summed E-state index contributed by atoms with van der Waals surface area (Å²) >= 11 is -1.05. The number of nitrogens with zero attached hydrogens (tertiary/aromatic N) is 2. The van der Waals surface area contributed by atoms with Gasteiger partial charge in [0.2, 0.25) is 0 Å². The zero-order valence-electron chi connectivity index (χ0n) is 10.7. The van der Waals surface area contributed by atoms with E-state index in [1.165, 1.54) is 0 Å². The Morgan fingerprint density at radius 2 is 2.19 bits per heavy atom. The molecule has 0 aromatic carbocycles. The quantitative estimate of drug-likeness (QED) is 0.822.